The Kier molecular flexibility index (Phi) is 10.9. The number of fused-ring (bicyclic) bond motifs is 1. The number of aryl methyl sites for hydroxylation is 1. The van der Waals surface area contributed by atoms with Crippen molar-refractivity contribution < 1.29 is 34.5 Å². The highest BCUT2D eigenvalue weighted by Crippen LogP contribution is 2.19. The van der Waals surface area contributed by atoms with Crippen molar-refractivity contribution in [3.05, 3.63) is 95.2 Å². The van der Waals surface area contributed by atoms with E-state index in [9.17, 15) is 34.5 Å². The van der Waals surface area contributed by atoms with E-state index in [-0.39, 0.29) is 30.8 Å². The zero-order valence-electron chi connectivity index (χ0n) is 24.7. The first-order valence-corrected chi connectivity index (χ1v) is 14.4. The van der Waals surface area contributed by atoms with Crippen LogP contribution in [0.15, 0.2) is 72.9 Å². The van der Waals surface area contributed by atoms with E-state index < -0.39 is 48.5 Å². The highest BCUT2D eigenvalue weighted by Gasteiger charge is 2.29. The number of nitrogens with one attached hydrogen (secondary N) is 4. The summed E-state index contributed by atoms with van der Waals surface area (Å²) in [6.07, 6.45) is 2.64. The Hall–Kier alpha value is -5.20. The molecule has 236 valence electrons. The SMILES string of the molecule is Cc1cc(O)ccc1C[C@@H](C=O)NC(=O)[C@H](Cc1ccc(O)cc1)NC(=O)[C@H](CO)NC(=O)[C@@H](N)Cc1c[nH]c2ccccc12. The number of rotatable bonds is 14. The van der Waals surface area contributed by atoms with E-state index >= 15 is 0 Å². The van der Waals surface area contributed by atoms with E-state index in [0.29, 0.717) is 11.8 Å². The number of H-pyrrole nitrogens is 1. The molecule has 1 aromatic heterocycles. The minimum Gasteiger partial charge on any atom is -0.508 e. The van der Waals surface area contributed by atoms with E-state index in [2.05, 4.69) is 20.9 Å². The first-order valence-electron chi connectivity index (χ1n) is 14.4. The summed E-state index contributed by atoms with van der Waals surface area (Å²) in [6.45, 7) is 1.00. The first-order chi connectivity index (χ1) is 21.6. The van der Waals surface area contributed by atoms with Crippen LogP contribution in [-0.2, 0) is 38.4 Å². The number of aldehydes is 1. The normalized spacial score (nSPS) is 13.8. The largest absolute Gasteiger partial charge is 0.508 e. The highest BCUT2D eigenvalue weighted by atomic mass is 16.3. The number of amides is 3. The molecule has 9 N–H and O–H groups in total. The minimum absolute atomic E-state index is 0.0149. The van der Waals surface area contributed by atoms with E-state index in [1.165, 1.54) is 18.2 Å². The number of aromatic amines is 1. The topological polar surface area (TPSA) is 207 Å². The summed E-state index contributed by atoms with van der Waals surface area (Å²) >= 11 is 0. The number of para-hydroxylation sites is 1. The zero-order chi connectivity index (χ0) is 32.5. The van der Waals surface area contributed by atoms with Crippen molar-refractivity contribution in [1.82, 2.24) is 20.9 Å². The number of aliphatic hydroxyl groups excluding tert-OH is 1. The van der Waals surface area contributed by atoms with Gasteiger partial charge < -0.3 is 46.8 Å². The molecule has 4 aromatic rings. The van der Waals surface area contributed by atoms with Crippen LogP contribution < -0.4 is 21.7 Å². The Balaban J connectivity index is 1.44. The Labute approximate surface area is 259 Å². The van der Waals surface area contributed by atoms with Crippen molar-refractivity contribution in [2.24, 2.45) is 5.73 Å². The molecule has 45 heavy (non-hydrogen) atoms. The third-order valence-electron chi connectivity index (χ3n) is 7.53. The molecule has 3 aromatic carbocycles. The third kappa shape index (κ3) is 8.68. The van der Waals surface area contributed by atoms with Gasteiger partial charge in [0.1, 0.15) is 29.9 Å². The lowest BCUT2D eigenvalue weighted by Crippen LogP contribution is -2.58. The Morgan fingerprint density at radius 1 is 0.822 bits per heavy atom. The number of benzene rings is 3. The first kappa shape index (κ1) is 32.7. The van der Waals surface area contributed by atoms with Crippen molar-refractivity contribution in [1.29, 1.82) is 0 Å². The number of aliphatic hydroxyl groups is 1. The maximum absolute atomic E-state index is 13.4. The molecule has 0 bridgehead atoms. The Morgan fingerprint density at radius 3 is 2.18 bits per heavy atom. The van der Waals surface area contributed by atoms with Crippen LogP contribution in [0.25, 0.3) is 10.9 Å². The smallest absolute Gasteiger partial charge is 0.245 e. The summed E-state index contributed by atoms with van der Waals surface area (Å²) in [7, 11) is 0. The van der Waals surface area contributed by atoms with E-state index in [1.807, 2.05) is 24.3 Å². The predicted molar refractivity (Wildman–Crippen MR) is 167 cm³/mol. The molecule has 1 heterocycles. The quantitative estimate of drug-likeness (QED) is 0.0954. The lowest BCUT2D eigenvalue weighted by Gasteiger charge is -2.24. The fraction of sp³-hybridized carbons (Fsp3) is 0.273. The van der Waals surface area contributed by atoms with Crippen molar-refractivity contribution in [3.8, 4) is 11.5 Å². The average Bonchev–Trinajstić information content (AvgIpc) is 3.43. The molecule has 0 aliphatic rings. The maximum Gasteiger partial charge on any atom is 0.245 e. The molecule has 0 spiro atoms. The van der Waals surface area contributed by atoms with Gasteiger partial charge in [-0.2, -0.15) is 0 Å². The van der Waals surface area contributed by atoms with Crippen LogP contribution in [0.3, 0.4) is 0 Å². The molecule has 12 heteroatoms. The molecule has 0 saturated heterocycles. The van der Waals surface area contributed by atoms with Crippen LogP contribution >= 0.6 is 0 Å². The number of carbonyl (C=O) groups is 4. The number of aromatic nitrogens is 1. The van der Waals surface area contributed by atoms with Gasteiger partial charge >= 0.3 is 0 Å². The molecule has 0 radical (unpaired) electrons. The molecule has 0 aliphatic heterocycles. The Morgan fingerprint density at radius 2 is 1.49 bits per heavy atom. The Bertz CT molecular complexity index is 1650. The second-order valence-corrected chi connectivity index (χ2v) is 10.9. The number of aromatic hydroxyl groups is 2. The van der Waals surface area contributed by atoms with Crippen LogP contribution in [0.4, 0.5) is 0 Å². The number of carbonyl (C=O) groups excluding carboxylic acids is 4. The van der Waals surface area contributed by atoms with Crippen LogP contribution in [0.2, 0.25) is 0 Å². The van der Waals surface area contributed by atoms with Gasteiger partial charge in [-0.1, -0.05) is 36.4 Å². The standard InChI is InChI=1S/C33H37N5O7/c1-19-12-25(42)11-8-21(19)14-23(17-39)36-32(44)29(13-20-6-9-24(41)10-7-20)37-33(45)30(18-40)38-31(43)27(34)15-22-16-35-28-5-3-2-4-26(22)28/h2-12,16-17,23,27,29-30,35,40-42H,13-15,18,34H2,1H3,(H,36,44)(H,37,45)(H,38,43)/t23-,27-,29-,30-/m0/s1. The number of hydrogen-bond donors (Lipinski definition) is 8. The second kappa shape index (κ2) is 15.0. The van der Waals surface area contributed by atoms with Crippen LogP contribution in [-0.4, -0.2) is 75.1 Å². The van der Waals surface area contributed by atoms with Crippen molar-refractivity contribution in [3.63, 3.8) is 0 Å². The fourth-order valence-corrected chi connectivity index (χ4v) is 5.01. The predicted octanol–water partition coefficient (Wildman–Crippen LogP) is 0.888. The molecule has 4 atom stereocenters. The molecule has 3 amide bonds. The van der Waals surface area contributed by atoms with Gasteiger partial charge in [-0.25, -0.2) is 0 Å². The molecule has 0 fully saturated rings. The van der Waals surface area contributed by atoms with Crippen LogP contribution in [0, 0.1) is 6.92 Å². The third-order valence-corrected chi connectivity index (χ3v) is 7.53. The van der Waals surface area contributed by atoms with Gasteiger partial charge in [-0.3, -0.25) is 14.4 Å². The van der Waals surface area contributed by atoms with E-state index in [4.69, 9.17) is 5.73 Å². The summed E-state index contributed by atoms with van der Waals surface area (Å²) in [5.74, 6) is -2.09. The van der Waals surface area contributed by atoms with Gasteiger partial charge in [0.05, 0.1) is 18.7 Å². The second-order valence-electron chi connectivity index (χ2n) is 10.9. The maximum atomic E-state index is 13.4. The average molecular weight is 616 g/mol. The molecule has 0 unspecified atom stereocenters. The zero-order valence-corrected chi connectivity index (χ0v) is 24.7. The summed E-state index contributed by atoms with van der Waals surface area (Å²) in [6, 6.07) is 13.6. The van der Waals surface area contributed by atoms with Gasteiger partial charge in [-0.05, 0) is 72.4 Å². The highest BCUT2D eigenvalue weighted by molar-refractivity contribution is 5.94. The lowest BCUT2D eigenvalue weighted by molar-refractivity contribution is -0.133. The minimum atomic E-state index is -1.41. The molecule has 0 saturated carbocycles. The number of phenols is 2. The number of hydrogen-bond acceptors (Lipinski definition) is 8. The van der Waals surface area contributed by atoms with Crippen LogP contribution in [0.5, 0.6) is 11.5 Å². The molecule has 12 nitrogen and oxygen atoms in total. The number of nitrogens with two attached hydrogens (primary N) is 1. The van der Waals surface area contributed by atoms with Gasteiger partial charge in [0.25, 0.3) is 0 Å². The van der Waals surface area contributed by atoms with Crippen molar-refractivity contribution in [2.75, 3.05) is 6.61 Å². The van der Waals surface area contributed by atoms with Gasteiger partial charge in [0.15, 0.2) is 0 Å². The van der Waals surface area contributed by atoms with E-state index in [0.717, 1.165) is 27.6 Å². The van der Waals surface area contributed by atoms with Crippen molar-refractivity contribution in [2.45, 2.75) is 50.4 Å². The van der Waals surface area contributed by atoms with Gasteiger partial charge in [0, 0.05) is 23.5 Å². The molecular weight excluding hydrogens is 578 g/mol. The summed E-state index contributed by atoms with van der Waals surface area (Å²) in [5, 5.41) is 37.9. The lowest BCUT2D eigenvalue weighted by atomic mass is 10.00. The molecular formula is C33H37N5O7. The van der Waals surface area contributed by atoms with E-state index in [1.54, 1.807) is 37.4 Å². The molecule has 0 aliphatic carbocycles. The monoisotopic (exact) mass is 615 g/mol. The molecule has 4 rings (SSSR count). The van der Waals surface area contributed by atoms with Gasteiger partial charge in [0.2, 0.25) is 17.7 Å². The summed E-state index contributed by atoms with van der Waals surface area (Å²) in [5.41, 5.74) is 9.91. The van der Waals surface area contributed by atoms with Gasteiger partial charge in [-0.15, -0.1) is 0 Å². The van der Waals surface area contributed by atoms with Crippen LogP contribution in [0.1, 0.15) is 22.3 Å². The fourth-order valence-electron chi connectivity index (χ4n) is 5.01. The summed E-state index contributed by atoms with van der Waals surface area (Å²) in [4.78, 5) is 54.7. The number of phenolic OH excluding ortho intramolecular Hbond substituents is 2. The summed E-state index contributed by atoms with van der Waals surface area (Å²) < 4.78 is 0. The van der Waals surface area contributed by atoms with Crippen molar-refractivity contribution >= 4 is 34.9 Å².